The number of amides is 3. The van der Waals surface area contributed by atoms with Crippen LogP contribution in [-0.2, 0) is 22.6 Å². The van der Waals surface area contributed by atoms with Crippen LogP contribution in [-0.4, -0.2) is 54.6 Å². The first-order valence-corrected chi connectivity index (χ1v) is 9.08. The molecule has 1 N–H and O–H groups in total. The molecule has 1 unspecified atom stereocenters. The number of hydrogen-bond donors (Lipinski definition) is 1. The van der Waals surface area contributed by atoms with Gasteiger partial charge in [-0.2, -0.15) is 0 Å². The maximum Gasteiger partial charge on any atom is 0.317 e. The van der Waals surface area contributed by atoms with E-state index in [4.69, 9.17) is 4.74 Å². The van der Waals surface area contributed by atoms with Crippen LogP contribution in [0.5, 0.6) is 0 Å². The lowest BCUT2D eigenvalue weighted by Gasteiger charge is -2.22. The first-order chi connectivity index (χ1) is 12.1. The van der Waals surface area contributed by atoms with Crippen molar-refractivity contribution in [1.82, 2.24) is 15.1 Å². The minimum absolute atomic E-state index is 0.0949. The topological polar surface area (TPSA) is 61.9 Å². The molecule has 2 heterocycles. The van der Waals surface area contributed by atoms with Crippen LogP contribution in [0.25, 0.3) is 0 Å². The Kier molecular flexibility index (Phi) is 5.91. The number of carbonyl (C=O) groups excluding carboxylic acids is 2. The largest absolute Gasteiger partial charge is 0.376 e. The average Bonchev–Trinajstić information content (AvgIpc) is 3.26. The molecule has 0 aliphatic carbocycles. The minimum atomic E-state index is -0.0949. The number of urea groups is 1. The summed E-state index contributed by atoms with van der Waals surface area (Å²) in [6.45, 7) is 3.33. The van der Waals surface area contributed by atoms with Crippen molar-refractivity contribution in [3.8, 4) is 0 Å². The highest BCUT2D eigenvalue weighted by Crippen LogP contribution is 2.17. The molecule has 0 radical (unpaired) electrons. The zero-order valence-corrected chi connectivity index (χ0v) is 14.9. The van der Waals surface area contributed by atoms with Gasteiger partial charge in [-0.1, -0.05) is 24.3 Å². The van der Waals surface area contributed by atoms with Crippen molar-refractivity contribution >= 4 is 11.9 Å². The van der Waals surface area contributed by atoms with Gasteiger partial charge in [0.15, 0.2) is 0 Å². The molecule has 0 saturated carbocycles. The lowest BCUT2D eigenvalue weighted by molar-refractivity contribution is -0.128. The molecule has 0 aromatic heterocycles. The predicted molar refractivity (Wildman–Crippen MR) is 94.9 cm³/mol. The van der Waals surface area contributed by atoms with Crippen molar-refractivity contribution in [3.05, 3.63) is 35.4 Å². The first kappa shape index (κ1) is 17.7. The van der Waals surface area contributed by atoms with Crippen molar-refractivity contribution in [1.29, 1.82) is 0 Å². The van der Waals surface area contributed by atoms with Crippen LogP contribution >= 0.6 is 0 Å². The molecule has 0 spiro atoms. The SMILES string of the molecule is CN(CC1CCCO1)C(=O)NCc1ccccc1CN1CCCC1=O. The van der Waals surface area contributed by atoms with Gasteiger partial charge in [0.05, 0.1) is 6.10 Å². The average molecular weight is 345 g/mol. The van der Waals surface area contributed by atoms with Crippen LogP contribution in [0.1, 0.15) is 36.8 Å². The Morgan fingerprint density at radius 1 is 1.32 bits per heavy atom. The highest BCUT2D eigenvalue weighted by atomic mass is 16.5. The second-order valence-electron chi connectivity index (χ2n) is 6.86. The molecule has 1 atom stereocenters. The molecule has 6 nitrogen and oxygen atoms in total. The summed E-state index contributed by atoms with van der Waals surface area (Å²) >= 11 is 0. The van der Waals surface area contributed by atoms with Gasteiger partial charge in [0.2, 0.25) is 5.91 Å². The number of likely N-dealkylation sites (tertiary alicyclic amines) is 1. The molecule has 2 saturated heterocycles. The summed E-state index contributed by atoms with van der Waals surface area (Å²) < 4.78 is 5.58. The van der Waals surface area contributed by atoms with E-state index in [1.54, 1.807) is 11.9 Å². The molecule has 25 heavy (non-hydrogen) atoms. The fourth-order valence-corrected chi connectivity index (χ4v) is 3.44. The molecule has 2 fully saturated rings. The van der Waals surface area contributed by atoms with E-state index in [9.17, 15) is 9.59 Å². The van der Waals surface area contributed by atoms with E-state index < -0.39 is 0 Å². The lowest BCUT2D eigenvalue weighted by Crippen LogP contribution is -2.41. The molecule has 6 heteroatoms. The number of hydrogen-bond acceptors (Lipinski definition) is 3. The molecule has 3 rings (SSSR count). The Morgan fingerprint density at radius 2 is 2.12 bits per heavy atom. The summed E-state index contributed by atoms with van der Waals surface area (Å²) in [5, 5.41) is 2.98. The van der Waals surface area contributed by atoms with Gasteiger partial charge in [-0.15, -0.1) is 0 Å². The minimum Gasteiger partial charge on any atom is -0.376 e. The second kappa shape index (κ2) is 8.34. The van der Waals surface area contributed by atoms with Crippen molar-refractivity contribution in [2.75, 3.05) is 26.7 Å². The van der Waals surface area contributed by atoms with Gasteiger partial charge in [-0.05, 0) is 30.4 Å². The number of nitrogens with zero attached hydrogens (tertiary/aromatic N) is 2. The number of nitrogens with one attached hydrogen (secondary N) is 1. The maximum atomic E-state index is 12.3. The van der Waals surface area contributed by atoms with E-state index >= 15 is 0 Å². The second-order valence-corrected chi connectivity index (χ2v) is 6.86. The summed E-state index contributed by atoms with van der Waals surface area (Å²) in [6, 6.07) is 7.89. The standard InChI is InChI=1S/C19H27N3O3/c1-21(14-17-8-5-11-25-17)19(24)20-12-15-6-2-3-7-16(15)13-22-10-4-9-18(22)23/h2-3,6-7,17H,4-5,8-14H2,1H3,(H,20,24). The number of rotatable bonds is 6. The third-order valence-electron chi connectivity index (χ3n) is 4.93. The van der Waals surface area contributed by atoms with Gasteiger partial charge in [0.1, 0.15) is 0 Å². The summed E-state index contributed by atoms with van der Waals surface area (Å²) in [4.78, 5) is 27.7. The molecule has 3 amide bonds. The third kappa shape index (κ3) is 4.72. The summed E-state index contributed by atoms with van der Waals surface area (Å²) in [5.74, 6) is 0.218. The Morgan fingerprint density at radius 3 is 2.80 bits per heavy atom. The Balaban J connectivity index is 1.53. The number of likely N-dealkylation sites (N-methyl/N-ethyl adjacent to an activating group) is 1. The lowest BCUT2D eigenvalue weighted by atomic mass is 10.1. The Hall–Kier alpha value is -2.08. The van der Waals surface area contributed by atoms with Crippen LogP contribution < -0.4 is 5.32 Å². The Bertz CT molecular complexity index is 614. The van der Waals surface area contributed by atoms with Gasteiger partial charge >= 0.3 is 6.03 Å². The third-order valence-corrected chi connectivity index (χ3v) is 4.93. The Labute approximate surface area is 149 Å². The molecule has 2 aliphatic heterocycles. The molecule has 136 valence electrons. The molecule has 1 aromatic carbocycles. The van der Waals surface area contributed by atoms with Crippen LogP contribution in [0.15, 0.2) is 24.3 Å². The molecule has 1 aromatic rings. The summed E-state index contributed by atoms with van der Waals surface area (Å²) in [6.07, 6.45) is 3.83. The van der Waals surface area contributed by atoms with E-state index in [2.05, 4.69) is 5.32 Å². The van der Waals surface area contributed by atoms with Crippen LogP contribution in [0.3, 0.4) is 0 Å². The van der Waals surface area contributed by atoms with Gasteiger partial charge in [0.25, 0.3) is 0 Å². The smallest absolute Gasteiger partial charge is 0.317 e. The van der Waals surface area contributed by atoms with Gasteiger partial charge in [-0.25, -0.2) is 4.79 Å². The van der Waals surface area contributed by atoms with Crippen molar-refractivity contribution in [3.63, 3.8) is 0 Å². The highest BCUT2D eigenvalue weighted by molar-refractivity contribution is 5.78. The normalized spacial score (nSPS) is 20.1. The molecular formula is C19H27N3O3. The van der Waals surface area contributed by atoms with Crippen molar-refractivity contribution < 1.29 is 14.3 Å². The molecular weight excluding hydrogens is 318 g/mol. The zero-order valence-electron chi connectivity index (χ0n) is 14.9. The van der Waals surface area contributed by atoms with E-state index in [0.29, 0.717) is 26.1 Å². The van der Waals surface area contributed by atoms with Crippen LogP contribution in [0.4, 0.5) is 4.79 Å². The summed E-state index contributed by atoms with van der Waals surface area (Å²) in [7, 11) is 1.80. The van der Waals surface area contributed by atoms with Crippen LogP contribution in [0.2, 0.25) is 0 Å². The van der Waals surface area contributed by atoms with Gasteiger partial charge in [0, 0.05) is 46.3 Å². The van der Waals surface area contributed by atoms with Gasteiger partial charge in [-0.3, -0.25) is 4.79 Å². The summed E-state index contributed by atoms with van der Waals surface area (Å²) in [5.41, 5.74) is 2.15. The fourth-order valence-electron chi connectivity index (χ4n) is 3.44. The first-order valence-electron chi connectivity index (χ1n) is 9.08. The monoisotopic (exact) mass is 345 g/mol. The zero-order chi connectivity index (χ0) is 17.6. The van der Waals surface area contributed by atoms with E-state index in [0.717, 1.165) is 43.5 Å². The molecule has 2 aliphatic rings. The maximum absolute atomic E-state index is 12.3. The van der Waals surface area contributed by atoms with E-state index in [1.165, 1.54) is 0 Å². The fraction of sp³-hybridized carbons (Fsp3) is 0.579. The van der Waals surface area contributed by atoms with E-state index in [1.807, 2.05) is 29.2 Å². The number of carbonyl (C=O) groups is 2. The van der Waals surface area contributed by atoms with Crippen molar-refractivity contribution in [2.45, 2.75) is 44.9 Å². The van der Waals surface area contributed by atoms with Gasteiger partial charge < -0.3 is 19.9 Å². The molecule has 0 bridgehead atoms. The number of ether oxygens (including phenoxy) is 1. The highest BCUT2D eigenvalue weighted by Gasteiger charge is 2.22. The van der Waals surface area contributed by atoms with Crippen LogP contribution in [0, 0.1) is 0 Å². The quantitative estimate of drug-likeness (QED) is 0.859. The van der Waals surface area contributed by atoms with Crippen molar-refractivity contribution in [2.24, 2.45) is 0 Å². The van der Waals surface area contributed by atoms with E-state index in [-0.39, 0.29) is 18.0 Å². The number of benzene rings is 1. The predicted octanol–water partition coefficient (Wildman–Crippen LogP) is 2.13.